The van der Waals surface area contributed by atoms with E-state index in [1.165, 1.54) is 0 Å². The van der Waals surface area contributed by atoms with Gasteiger partial charge < -0.3 is 24.4 Å². The molecule has 1 fully saturated rings. The van der Waals surface area contributed by atoms with Crippen LogP contribution in [0.4, 0.5) is 0 Å². The molecule has 0 spiro atoms. The second kappa shape index (κ2) is 8.21. The van der Waals surface area contributed by atoms with Gasteiger partial charge in [0.2, 0.25) is 0 Å². The van der Waals surface area contributed by atoms with E-state index < -0.39 is 0 Å². The van der Waals surface area contributed by atoms with Crippen molar-refractivity contribution in [3.8, 4) is 5.75 Å². The smallest absolute Gasteiger partial charge is 0.157 e. The van der Waals surface area contributed by atoms with Gasteiger partial charge in [-0.2, -0.15) is 0 Å². The molecular formula is C15H22O5. The Labute approximate surface area is 119 Å². The minimum Gasteiger partial charge on any atom is -0.491 e. The van der Waals surface area contributed by atoms with Gasteiger partial charge in [0.15, 0.2) is 6.29 Å². The fourth-order valence-corrected chi connectivity index (χ4v) is 2.18. The molecule has 1 aromatic carbocycles. The maximum atomic E-state index is 9.15. The summed E-state index contributed by atoms with van der Waals surface area (Å²) in [4.78, 5) is 0. The maximum absolute atomic E-state index is 9.15. The minimum atomic E-state index is -0.107. The third-order valence-corrected chi connectivity index (χ3v) is 3.18. The normalized spacial score (nSPS) is 19.0. The highest BCUT2D eigenvalue weighted by molar-refractivity contribution is 5.33. The molecule has 2 rings (SSSR count). The molecule has 2 N–H and O–H groups in total. The van der Waals surface area contributed by atoms with E-state index in [-0.39, 0.29) is 19.5 Å². The summed E-state index contributed by atoms with van der Waals surface area (Å²) < 4.78 is 16.6. The number of benzene rings is 1. The lowest BCUT2D eigenvalue weighted by molar-refractivity contribution is -0.165. The van der Waals surface area contributed by atoms with Crippen LogP contribution >= 0.6 is 0 Å². The van der Waals surface area contributed by atoms with Crippen LogP contribution in [0.3, 0.4) is 0 Å². The van der Waals surface area contributed by atoms with Gasteiger partial charge in [-0.15, -0.1) is 0 Å². The summed E-state index contributed by atoms with van der Waals surface area (Å²) >= 11 is 0. The molecule has 0 bridgehead atoms. The molecule has 5 heteroatoms. The van der Waals surface area contributed by atoms with Crippen molar-refractivity contribution in [1.82, 2.24) is 0 Å². The van der Waals surface area contributed by atoms with Crippen molar-refractivity contribution < 1.29 is 24.4 Å². The van der Waals surface area contributed by atoms with Crippen molar-refractivity contribution in [1.29, 1.82) is 0 Å². The summed E-state index contributed by atoms with van der Waals surface area (Å²) in [5.41, 5.74) is 1.45. The topological polar surface area (TPSA) is 68.2 Å². The van der Waals surface area contributed by atoms with Gasteiger partial charge in [0.1, 0.15) is 12.4 Å². The van der Waals surface area contributed by atoms with E-state index in [1.54, 1.807) is 18.2 Å². The second-order valence-corrected chi connectivity index (χ2v) is 4.82. The molecule has 5 nitrogen and oxygen atoms in total. The summed E-state index contributed by atoms with van der Waals surface area (Å²) in [6, 6.07) is 5.27. The Bertz CT molecular complexity index is 379. The number of hydrogen-bond acceptors (Lipinski definition) is 5. The first kappa shape index (κ1) is 15.3. The van der Waals surface area contributed by atoms with E-state index in [9.17, 15) is 0 Å². The van der Waals surface area contributed by atoms with Gasteiger partial charge in [-0.1, -0.05) is 6.07 Å². The van der Waals surface area contributed by atoms with E-state index in [0.717, 1.165) is 37.0 Å². The molecular weight excluding hydrogens is 260 g/mol. The molecule has 0 saturated carbocycles. The number of rotatable bonds is 7. The molecule has 1 atom stereocenters. The number of ether oxygens (including phenoxy) is 3. The van der Waals surface area contributed by atoms with E-state index >= 15 is 0 Å². The fourth-order valence-electron chi connectivity index (χ4n) is 2.18. The van der Waals surface area contributed by atoms with E-state index in [0.29, 0.717) is 19.0 Å². The third kappa shape index (κ3) is 4.76. The summed E-state index contributed by atoms with van der Waals surface area (Å²) in [5, 5.41) is 18.3. The van der Waals surface area contributed by atoms with Crippen LogP contribution < -0.4 is 4.74 Å². The Morgan fingerprint density at radius 3 is 2.40 bits per heavy atom. The third-order valence-electron chi connectivity index (χ3n) is 3.18. The summed E-state index contributed by atoms with van der Waals surface area (Å²) in [6.07, 6.45) is 3.08. The highest BCUT2D eigenvalue weighted by Gasteiger charge is 2.13. The largest absolute Gasteiger partial charge is 0.491 e. The Kier molecular flexibility index (Phi) is 6.26. The Balaban J connectivity index is 1.75. The van der Waals surface area contributed by atoms with E-state index in [2.05, 4.69) is 0 Å². The Hall–Kier alpha value is -1.14. The molecule has 0 radical (unpaired) electrons. The second-order valence-electron chi connectivity index (χ2n) is 4.82. The van der Waals surface area contributed by atoms with Gasteiger partial charge in [-0.05, 0) is 42.5 Å². The molecule has 1 heterocycles. The first-order valence-electron chi connectivity index (χ1n) is 7.02. The van der Waals surface area contributed by atoms with Crippen LogP contribution in [0.15, 0.2) is 18.2 Å². The van der Waals surface area contributed by atoms with Crippen molar-refractivity contribution >= 4 is 0 Å². The SMILES string of the molecule is OCc1cc(CO)cc(OCCOC2CCCCO2)c1. The Morgan fingerprint density at radius 2 is 1.80 bits per heavy atom. The van der Waals surface area contributed by atoms with Crippen LogP contribution in [0, 0.1) is 0 Å². The fraction of sp³-hybridized carbons (Fsp3) is 0.600. The molecule has 1 unspecified atom stereocenters. The van der Waals surface area contributed by atoms with Crippen molar-refractivity contribution in [3.63, 3.8) is 0 Å². The molecule has 1 aliphatic rings. The summed E-state index contributed by atoms with van der Waals surface area (Å²) in [6.45, 7) is 1.50. The van der Waals surface area contributed by atoms with Gasteiger partial charge in [0, 0.05) is 6.61 Å². The van der Waals surface area contributed by atoms with Crippen LogP contribution in [0.5, 0.6) is 5.75 Å². The quantitative estimate of drug-likeness (QED) is 0.743. The van der Waals surface area contributed by atoms with Crippen LogP contribution in [0.25, 0.3) is 0 Å². The lowest BCUT2D eigenvalue weighted by atomic mass is 10.1. The average Bonchev–Trinajstić information content (AvgIpc) is 2.52. The van der Waals surface area contributed by atoms with Crippen LogP contribution in [-0.2, 0) is 22.7 Å². The van der Waals surface area contributed by atoms with Gasteiger partial charge in [-0.3, -0.25) is 0 Å². The molecule has 1 aliphatic heterocycles. The first-order valence-corrected chi connectivity index (χ1v) is 7.02. The van der Waals surface area contributed by atoms with E-state index in [1.807, 2.05) is 0 Å². The predicted molar refractivity (Wildman–Crippen MR) is 73.3 cm³/mol. The molecule has 20 heavy (non-hydrogen) atoms. The maximum Gasteiger partial charge on any atom is 0.157 e. The number of hydrogen-bond donors (Lipinski definition) is 2. The van der Waals surface area contributed by atoms with E-state index in [4.69, 9.17) is 24.4 Å². The predicted octanol–water partition coefficient (Wildman–Crippen LogP) is 1.59. The first-order chi connectivity index (χ1) is 9.81. The van der Waals surface area contributed by atoms with Gasteiger partial charge in [0.05, 0.1) is 19.8 Å². The monoisotopic (exact) mass is 282 g/mol. The molecule has 0 aromatic heterocycles. The number of aliphatic hydroxyl groups excluding tert-OH is 2. The molecule has 1 aromatic rings. The van der Waals surface area contributed by atoms with Gasteiger partial charge in [0.25, 0.3) is 0 Å². The Morgan fingerprint density at radius 1 is 1.05 bits per heavy atom. The highest BCUT2D eigenvalue weighted by atomic mass is 16.7. The van der Waals surface area contributed by atoms with Crippen LogP contribution in [-0.4, -0.2) is 36.3 Å². The molecule has 1 saturated heterocycles. The summed E-state index contributed by atoms with van der Waals surface area (Å²) in [5.74, 6) is 0.633. The van der Waals surface area contributed by atoms with Gasteiger partial charge >= 0.3 is 0 Å². The lowest BCUT2D eigenvalue weighted by Crippen LogP contribution is -2.24. The van der Waals surface area contributed by atoms with Crippen LogP contribution in [0.2, 0.25) is 0 Å². The molecule has 112 valence electrons. The lowest BCUT2D eigenvalue weighted by Gasteiger charge is -2.22. The summed E-state index contributed by atoms with van der Waals surface area (Å²) in [7, 11) is 0. The zero-order valence-corrected chi connectivity index (χ0v) is 11.6. The van der Waals surface area contributed by atoms with Crippen LogP contribution in [0.1, 0.15) is 30.4 Å². The zero-order valence-electron chi connectivity index (χ0n) is 11.6. The van der Waals surface area contributed by atoms with Crippen molar-refractivity contribution in [2.75, 3.05) is 19.8 Å². The standard InChI is InChI=1S/C15H22O5/c16-10-12-7-13(11-17)9-14(8-12)18-5-6-20-15-3-1-2-4-19-15/h7-9,15-17H,1-6,10-11H2. The van der Waals surface area contributed by atoms with Crippen molar-refractivity contribution in [3.05, 3.63) is 29.3 Å². The van der Waals surface area contributed by atoms with Gasteiger partial charge in [-0.25, -0.2) is 0 Å². The molecule has 0 amide bonds. The van der Waals surface area contributed by atoms with Crippen molar-refractivity contribution in [2.45, 2.75) is 38.8 Å². The average molecular weight is 282 g/mol. The molecule has 0 aliphatic carbocycles. The highest BCUT2D eigenvalue weighted by Crippen LogP contribution is 2.18. The minimum absolute atomic E-state index is 0.0728. The van der Waals surface area contributed by atoms with Crippen molar-refractivity contribution in [2.24, 2.45) is 0 Å². The zero-order chi connectivity index (χ0) is 14.2. The number of aliphatic hydroxyl groups is 2.